The number of fused-ring (bicyclic) bond motifs is 1. The number of carbonyl (C=O) groups excluding carboxylic acids is 3. The molecule has 1 aliphatic heterocycles. The van der Waals surface area contributed by atoms with Crippen molar-refractivity contribution in [2.24, 2.45) is 0 Å². The number of nitrogens with zero attached hydrogens (tertiary/aromatic N) is 1. The van der Waals surface area contributed by atoms with E-state index >= 15 is 0 Å². The Balaban J connectivity index is 2.29. The monoisotopic (exact) mass is 245 g/mol. The van der Waals surface area contributed by atoms with Crippen LogP contribution < -0.4 is 0 Å². The van der Waals surface area contributed by atoms with Gasteiger partial charge in [0, 0.05) is 12.5 Å². The molecule has 1 aromatic carbocycles. The smallest absolute Gasteiger partial charge is 0.261 e. The topological polar surface area (TPSA) is 54.5 Å². The van der Waals surface area contributed by atoms with Crippen molar-refractivity contribution >= 4 is 18.1 Å². The van der Waals surface area contributed by atoms with E-state index in [4.69, 9.17) is 0 Å². The molecular weight excluding hydrogens is 230 g/mol. The minimum atomic E-state index is -0.242. The third-order valence-corrected chi connectivity index (χ3v) is 3.28. The zero-order chi connectivity index (χ0) is 13.1. The van der Waals surface area contributed by atoms with Crippen molar-refractivity contribution in [3.8, 4) is 0 Å². The molecule has 4 nitrogen and oxygen atoms in total. The second kappa shape index (κ2) is 5.12. The minimum Gasteiger partial charge on any atom is -0.303 e. The van der Waals surface area contributed by atoms with Crippen LogP contribution in [0.1, 0.15) is 46.9 Å². The average molecular weight is 245 g/mol. The first-order chi connectivity index (χ1) is 8.70. The van der Waals surface area contributed by atoms with E-state index in [-0.39, 0.29) is 17.9 Å². The van der Waals surface area contributed by atoms with E-state index in [1.165, 1.54) is 4.90 Å². The van der Waals surface area contributed by atoms with Gasteiger partial charge in [-0.3, -0.25) is 14.5 Å². The number of rotatable bonds is 5. The van der Waals surface area contributed by atoms with Crippen molar-refractivity contribution in [3.63, 3.8) is 0 Å². The predicted molar refractivity (Wildman–Crippen MR) is 66.3 cm³/mol. The maximum Gasteiger partial charge on any atom is 0.261 e. The summed E-state index contributed by atoms with van der Waals surface area (Å²) in [6.07, 6.45) is 2.39. The summed E-state index contributed by atoms with van der Waals surface area (Å²) in [6.45, 7) is 1.92. The zero-order valence-corrected chi connectivity index (χ0v) is 10.3. The molecule has 0 radical (unpaired) electrons. The fourth-order valence-corrected chi connectivity index (χ4v) is 2.32. The molecule has 2 amide bonds. The van der Waals surface area contributed by atoms with Crippen LogP contribution in [0.5, 0.6) is 0 Å². The molecule has 0 aromatic heterocycles. The third kappa shape index (κ3) is 1.94. The highest BCUT2D eigenvalue weighted by atomic mass is 16.2. The lowest BCUT2D eigenvalue weighted by Gasteiger charge is -2.24. The fourth-order valence-electron chi connectivity index (χ4n) is 2.32. The molecule has 2 rings (SSSR count). The lowest BCUT2D eigenvalue weighted by molar-refractivity contribution is -0.108. The number of aldehydes is 1. The molecular formula is C14H15NO3. The van der Waals surface area contributed by atoms with Crippen LogP contribution in [0.15, 0.2) is 24.3 Å². The molecule has 1 aromatic rings. The van der Waals surface area contributed by atoms with Crippen LogP contribution in [0.2, 0.25) is 0 Å². The molecule has 4 heteroatoms. The van der Waals surface area contributed by atoms with E-state index in [2.05, 4.69) is 0 Å². The summed E-state index contributed by atoms with van der Waals surface area (Å²) in [5, 5.41) is 0. The molecule has 1 unspecified atom stereocenters. The maximum absolute atomic E-state index is 12.2. The van der Waals surface area contributed by atoms with Crippen LogP contribution in [-0.2, 0) is 4.79 Å². The van der Waals surface area contributed by atoms with Gasteiger partial charge in [0.2, 0.25) is 0 Å². The summed E-state index contributed by atoms with van der Waals surface area (Å²) in [5.74, 6) is -0.485. The molecule has 0 saturated carbocycles. The number of amides is 2. The molecule has 0 fully saturated rings. The van der Waals surface area contributed by atoms with Gasteiger partial charge in [0.05, 0.1) is 11.1 Å². The third-order valence-electron chi connectivity index (χ3n) is 3.28. The van der Waals surface area contributed by atoms with Crippen molar-refractivity contribution in [3.05, 3.63) is 35.4 Å². The quantitative estimate of drug-likeness (QED) is 0.589. The standard InChI is InChI=1S/C14H15NO3/c1-2-10(6-5-9-16)15-13(17)11-7-3-4-8-12(11)14(15)18/h3-4,7-10H,2,5-6H2,1H3. The van der Waals surface area contributed by atoms with Gasteiger partial charge in [0.15, 0.2) is 0 Å². The molecule has 0 saturated heterocycles. The van der Waals surface area contributed by atoms with Crippen molar-refractivity contribution in [1.29, 1.82) is 0 Å². The lowest BCUT2D eigenvalue weighted by Crippen LogP contribution is -2.39. The molecule has 18 heavy (non-hydrogen) atoms. The van der Waals surface area contributed by atoms with E-state index in [1.54, 1.807) is 24.3 Å². The zero-order valence-electron chi connectivity index (χ0n) is 10.3. The molecule has 0 aliphatic carbocycles. The highest BCUT2D eigenvalue weighted by Crippen LogP contribution is 2.26. The van der Waals surface area contributed by atoms with Gasteiger partial charge in [-0.2, -0.15) is 0 Å². The van der Waals surface area contributed by atoms with Crippen LogP contribution in [0, 0.1) is 0 Å². The summed E-state index contributed by atoms with van der Waals surface area (Å²) in [6, 6.07) is 6.65. The van der Waals surface area contributed by atoms with Gasteiger partial charge in [-0.25, -0.2) is 0 Å². The second-order valence-electron chi connectivity index (χ2n) is 4.33. The van der Waals surface area contributed by atoms with Gasteiger partial charge in [0.25, 0.3) is 11.8 Å². The van der Waals surface area contributed by atoms with E-state index < -0.39 is 0 Å². The van der Waals surface area contributed by atoms with Crippen LogP contribution in [-0.4, -0.2) is 29.0 Å². The Labute approximate surface area is 106 Å². The minimum absolute atomic E-state index is 0.192. The Bertz CT molecular complexity index is 461. The van der Waals surface area contributed by atoms with Crippen molar-refractivity contribution in [1.82, 2.24) is 4.90 Å². The van der Waals surface area contributed by atoms with Gasteiger partial charge >= 0.3 is 0 Å². The van der Waals surface area contributed by atoms with Crippen LogP contribution in [0.4, 0.5) is 0 Å². The van der Waals surface area contributed by atoms with Crippen molar-refractivity contribution in [2.45, 2.75) is 32.2 Å². The van der Waals surface area contributed by atoms with Crippen molar-refractivity contribution < 1.29 is 14.4 Å². The Hall–Kier alpha value is -1.97. The maximum atomic E-state index is 12.2. The molecule has 0 bridgehead atoms. The van der Waals surface area contributed by atoms with E-state index in [0.717, 1.165) is 6.29 Å². The summed E-state index contributed by atoms with van der Waals surface area (Å²) in [7, 11) is 0. The highest BCUT2D eigenvalue weighted by Gasteiger charge is 2.38. The second-order valence-corrected chi connectivity index (χ2v) is 4.33. The first-order valence-corrected chi connectivity index (χ1v) is 6.11. The number of hydrogen-bond donors (Lipinski definition) is 0. The normalized spacial score (nSPS) is 15.7. The van der Waals surface area contributed by atoms with Crippen LogP contribution in [0.25, 0.3) is 0 Å². The van der Waals surface area contributed by atoms with Gasteiger partial charge in [-0.15, -0.1) is 0 Å². The first-order valence-electron chi connectivity index (χ1n) is 6.11. The average Bonchev–Trinajstić information content (AvgIpc) is 2.65. The van der Waals surface area contributed by atoms with Gasteiger partial charge in [-0.1, -0.05) is 19.1 Å². The fraction of sp³-hybridized carbons (Fsp3) is 0.357. The molecule has 0 spiro atoms. The van der Waals surface area contributed by atoms with E-state index in [9.17, 15) is 14.4 Å². The van der Waals surface area contributed by atoms with Crippen LogP contribution in [0.3, 0.4) is 0 Å². The Morgan fingerprint density at radius 1 is 1.17 bits per heavy atom. The summed E-state index contributed by atoms with van der Waals surface area (Å²) < 4.78 is 0. The highest BCUT2D eigenvalue weighted by molar-refractivity contribution is 6.21. The molecule has 1 aliphatic rings. The first kappa shape index (κ1) is 12.5. The summed E-state index contributed by atoms with van der Waals surface area (Å²) in [5.41, 5.74) is 0.930. The number of benzene rings is 1. The summed E-state index contributed by atoms with van der Waals surface area (Å²) in [4.78, 5) is 36.1. The number of imide groups is 1. The Morgan fingerprint density at radius 3 is 2.17 bits per heavy atom. The summed E-state index contributed by atoms with van der Waals surface area (Å²) >= 11 is 0. The molecule has 1 heterocycles. The molecule has 94 valence electrons. The van der Waals surface area contributed by atoms with Gasteiger partial charge in [0.1, 0.15) is 6.29 Å². The predicted octanol–water partition coefficient (Wildman–Crippen LogP) is 2.04. The SMILES string of the molecule is CCC(CCC=O)N1C(=O)c2ccccc2C1=O. The largest absolute Gasteiger partial charge is 0.303 e. The van der Waals surface area contributed by atoms with Crippen LogP contribution >= 0.6 is 0 Å². The van der Waals surface area contributed by atoms with Gasteiger partial charge < -0.3 is 4.79 Å². The van der Waals surface area contributed by atoms with Gasteiger partial charge in [-0.05, 0) is 25.0 Å². The number of carbonyl (C=O) groups is 3. The lowest BCUT2D eigenvalue weighted by atomic mass is 10.1. The Morgan fingerprint density at radius 2 is 1.72 bits per heavy atom. The number of hydrogen-bond acceptors (Lipinski definition) is 3. The van der Waals surface area contributed by atoms with E-state index in [1.807, 2.05) is 6.92 Å². The Kier molecular flexibility index (Phi) is 3.55. The molecule has 0 N–H and O–H groups in total. The molecule has 1 atom stereocenters. The van der Waals surface area contributed by atoms with Crippen molar-refractivity contribution in [2.75, 3.05) is 0 Å². The van der Waals surface area contributed by atoms with E-state index in [0.29, 0.717) is 30.4 Å².